The SMILES string of the molecule is COc1nccc(C=O)c1OCc1nccnc1-c1ccnn1C(C)C. The van der Waals surface area contributed by atoms with E-state index in [1.54, 1.807) is 24.7 Å². The summed E-state index contributed by atoms with van der Waals surface area (Å²) in [6.45, 7) is 4.19. The van der Waals surface area contributed by atoms with Crippen molar-refractivity contribution in [1.29, 1.82) is 0 Å². The first kappa shape index (κ1) is 17.5. The van der Waals surface area contributed by atoms with Crippen molar-refractivity contribution in [2.24, 2.45) is 0 Å². The predicted octanol–water partition coefficient (Wildman–Crippen LogP) is 2.72. The van der Waals surface area contributed by atoms with Crippen molar-refractivity contribution in [3.63, 3.8) is 0 Å². The van der Waals surface area contributed by atoms with E-state index in [0.717, 1.165) is 5.69 Å². The molecule has 134 valence electrons. The number of ether oxygens (including phenoxy) is 2. The minimum absolute atomic E-state index is 0.106. The molecule has 8 heteroatoms. The van der Waals surface area contributed by atoms with Crippen LogP contribution < -0.4 is 9.47 Å². The topological polar surface area (TPSA) is 92.0 Å². The van der Waals surface area contributed by atoms with Crippen molar-refractivity contribution < 1.29 is 14.3 Å². The lowest BCUT2D eigenvalue weighted by molar-refractivity contribution is 0.111. The molecular formula is C18H19N5O3. The summed E-state index contributed by atoms with van der Waals surface area (Å²) in [7, 11) is 1.47. The van der Waals surface area contributed by atoms with Crippen LogP contribution in [0.15, 0.2) is 36.9 Å². The molecule has 0 amide bonds. The third-order valence-electron chi connectivity index (χ3n) is 3.75. The Bertz CT molecular complexity index is 907. The van der Waals surface area contributed by atoms with Gasteiger partial charge >= 0.3 is 0 Å². The largest absolute Gasteiger partial charge is 0.481 e. The van der Waals surface area contributed by atoms with Crippen LogP contribution in [0.5, 0.6) is 11.6 Å². The van der Waals surface area contributed by atoms with Gasteiger partial charge in [-0.05, 0) is 26.0 Å². The highest BCUT2D eigenvalue weighted by Crippen LogP contribution is 2.29. The molecule has 26 heavy (non-hydrogen) atoms. The van der Waals surface area contributed by atoms with Crippen molar-refractivity contribution >= 4 is 6.29 Å². The van der Waals surface area contributed by atoms with Crippen LogP contribution in [0.2, 0.25) is 0 Å². The Balaban J connectivity index is 1.94. The van der Waals surface area contributed by atoms with Gasteiger partial charge in [-0.2, -0.15) is 5.10 Å². The molecule has 0 aliphatic rings. The second-order valence-electron chi connectivity index (χ2n) is 5.75. The van der Waals surface area contributed by atoms with Gasteiger partial charge < -0.3 is 9.47 Å². The quantitative estimate of drug-likeness (QED) is 0.603. The van der Waals surface area contributed by atoms with Gasteiger partial charge in [0.1, 0.15) is 18.0 Å². The molecule has 0 radical (unpaired) electrons. The van der Waals surface area contributed by atoms with Gasteiger partial charge in [0.15, 0.2) is 12.0 Å². The highest BCUT2D eigenvalue weighted by Gasteiger charge is 2.17. The summed E-state index contributed by atoms with van der Waals surface area (Å²) in [6, 6.07) is 3.63. The normalized spacial score (nSPS) is 10.8. The highest BCUT2D eigenvalue weighted by atomic mass is 16.5. The molecule has 0 unspecified atom stereocenters. The van der Waals surface area contributed by atoms with Gasteiger partial charge in [-0.1, -0.05) is 0 Å². The molecule has 0 aliphatic carbocycles. The van der Waals surface area contributed by atoms with Crippen LogP contribution in [-0.2, 0) is 6.61 Å². The zero-order valence-electron chi connectivity index (χ0n) is 14.8. The zero-order valence-corrected chi connectivity index (χ0v) is 14.8. The van der Waals surface area contributed by atoms with Crippen LogP contribution in [0, 0.1) is 0 Å². The Hall–Kier alpha value is -3.29. The molecule has 0 bridgehead atoms. The summed E-state index contributed by atoms with van der Waals surface area (Å²) in [5.41, 5.74) is 2.50. The molecule has 3 aromatic heterocycles. The molecule has 0 aliphatic heterocycles. The van der Waals surface area contributed by atoms with Crippen molar-refractivity contribution in [2.75, 3.05) is 7.11 Å². The number of aromatic nitrogens is 5. The van der Waals surface area contributed by atoms with Crippen LogP contribution >= 0.6 is 0 Å². The molecular weight excluding hydrogens is 334 g/mol. The van der Waals surface area contributed by atoms with E-state index in [2.05, 4.69) is 20.1 Å². The molecule has 3 heterocycles. The average molecular weight is 353 g/mol. The third-order valence-corrected chi connectivity index (χ3v) is 3.75. The molecule has 0 spiro atoms. The van der Waals surface area contributed by atoms with Crippen LogP contribution in [0.3, 0.4) is 0 Å². The number of methoxy groups -OCH3 is 1. The third kappa shape index (κ3) is 3.39. The minimum Gasteiger partial charge on any atom is -0.481 e. The van der Waals surface area contributed by atoms with Gasteiger partial charge in [-0.15, -0.1) is 0 Å². The molecule has 0 fully saturated rings. The number of nitrogens with zero attached hydrogens (tertiary/aromatic N) is 5. The van der Waals surface area contributed by atoms with Crippen LogP contribution in [0.4, 0.5) is 0 Å². The maximum absolute atomic E-state index is 11.3. The van der Waals surface area contributed by atoms with E-state index in [0.29, 0.717) is 23.2 Å². The first-order valence-corrected chi connectivity index (χ1v) is 8.10. The van der Waals surface area contributed by atoms with Gasteiger partial charge in [0, 0.05) is 30.8 Å². The smallest absolute Gasteiger partial charge is 0.257 e. The lowest BCUT2D eigenvalue weighted by Gasteiger charge is -2.14. The van der Waals surface area contributed by atoms with E-state index in [-0.39, 0.29) is 24.3 Å². The van der Waals surface area contributed by atoms with E-state index < -0.39 is 0 Å². The zero-order chi connectivity index (χ0) is 18.5. The Kier molecular flexibility index (Phi) is 5.21. The standard InChI is InChI=1S/C18H19N5O3/c1-12(2)23-15(5-7-22-23)16-14(19-8-9-20-16)11-26-17-13(10-24)4-6-21-18(17)25-3/h4-10,12H,11H2,1-3H3. The van der Waals surface area contributed by atoms with E-state index in [1.165, 1.54) is 13.3 Å². The molecule has 0 saturated carbocycles. The fourth-order valence-electron chi connectivity index (χ4n) is 2.57. The first-order chi connectivity index (χ1) is 12.7. The monoisotopic (exact) mass is 353 g/mol. The number of aldehydes is 1. The Morgan fingerprint density at radius 1 is 1.12 bits per heavy atom. The minimum atomic E-state index is 0.106. The maximum atomic E-state index is 11.3. The van der Waals surface area contributed by atoms with E-state index >= 15 is 0 Å². The number of carbonyl (C=O) groups is 1. The molecule has 3 rings (SSSR count). The summed E-state index contributed by atoms with van der Waals surface area (Å²) in [5.74, 6) is 0.520. The Morgan fingerprint density at radius 3 is 2.65 bits per heavy atom. The summed E-state index contributed by atoms with van der Waals surface area (Å²) in [5, 5.41) is 4.34. The lowest BCUT2D eigenvalue weighted by atomic mass is 10.2. The summed E-state index contributed by atoms with van der Waals surface area (Å²) < 4.78 is 12.9. The Morgan fingerprint density at radius 2 is 1.92 bits per heavy atom. The van der Waals surface area contributed by atoms with E-state index in [4.69, 9.17) is 9.47 Å². The van der Waals surface area contributed by atoms with Gasteiger partial charge in [0.25, 0.3) is 5.88 Å². The second kappa shape index (κ2) is 7.73. The van der Waals surface area contributed by atoms with Crippen LogP contribution in [0.1, 0.15) is 35.9 Å². The number of hydrogen-bond donors (Lipinski definition) is 0. The number of rotatable bonds is 7. The molecule has 0 aromatic carbocycles. The number of carbonyl (C=O) groups excluding carboxylic acids is 1. The fraction of sp³-hybridized carbons (Fsp3) is 0.278. The average Bonchev–Trinajstić information content (AvgIpc) is 3.16. The van der Waals surface area contributed by atoms with E-state index in [9.17, 15) is 4.79 Å². The van der Waals surface area contributed by atoms with Gasteiger partial charge in [0.05, 0.1) is 18.4 Å². The van der Waals surface area contributed by atoms with Gasteiger partial charge in [-0.25, -0.2) is 4.98 Å². The second-order valence-corrected chi connectivity index (χ2v) is 5.75. The highest BCUT2D eigenvalue weighted by molar-refractivity contribution is 5.80. The summed E-state index contributed by atoms with van der Waals surface area (Å²) in [6.07, 6.45) is 7.13. The fourth-order valence-corrected chi connectivity index (χ4v) is 2.57. The maximum Gasteiger partial charge on any atom is 0.257 e. The summed E-state index contributed by atoms with van der Waals surface area (Å²) >= 11 is 0. The molecule has 8 nitrogen and oxygen atoms in total. The summed E-state index contributed by atoms with van der Waals surface area (Å²) in [4.78, 5) is 24.2. The predicted molar refractivity (Wildman–Crippen MR) is 94.1 cm³/mol. The molecule has 0 saturated heterocycles. The Labute approximate surface area is 150 Å². The number of pyridine rings is 1. The van der Waals surface area contributed by atoms with Crippen LogP contribution in [0.25, 0.3) is 11.4 Å². The van der Waals surface area contributed by atoms with Crippen LogP contribution in [-0.4, -0.2) is 38.1 Å². The molecule has 0 N–H and O–H groups in total. The molecule has 0 atom stereocenters. The van der Waals surface area contributed by atoms with Gasteiger partial charge in [-0.3, -0.25) is 19.4 Å². The van der Waals surface area contributed by atoms with Crippen molar-refractivity contribution in [3.05, 3.63) is 48.2 Å². The van der Waals surface area contributed by atoms with Gasteiger partial charge in [0.2, 0.25) is 0 Å². The lowest BCUT2D eigenvalue weighted by Crippen LogP contribution is -2.09. The number of hydrogen-bond acceptors (Lipinski definition) is 7. The van der Waals surface area contributed by atoms with E-state index in [1.807, 2.05) is 24.6 Å². The van der Waals surface area contributed by atoms with Crippen molar-refractivity contribution in [3.8, 4) is 23.0 Å². The first-order valence-electron chi connectivity index (χ1n) is 8.10. The molecule has 3 aromatic rings. The van der Waals surface area contributed by atoms with Crippen molar-refractivity contribution in [1.82, 2.24) is 24.7 Å². The van der Waals surface area contributed by atoms with Crippen molar-refractivity contribution in [2.45, 2.75) is 26.5 Å².